The standard InChI is InChI=1S/C31H37F2N3O4.C16H18F2N2O2/c1-5-10-36(11-6-2)31(39)23-13-20(4)12-22(17-23)30(38)35-28(16-21-14-24(32)18-25(33)15-21)29(37)27-19-26(40-7-3)8-9-34-27;1-2-22-13-3-4-20-15(9-13)16(21)14(19)7-10-5-11(17)8-12(18)6-10/h8-9,12-15,17-19,28-29,37H,5-7,10-11,16H2,1-4H3,(H,35,38);3-6,8-9,14,16,21H,2,7,19H2,1H3/t28-,29+;14-,16-/m00/s1. The maximum Gasteiger partial charge on any atom is 0.253 e. The number of aromatic nitrogens is 2. The largest absolute Gasteiger partial charge is 0.494 e. The molecule has 0 fully saturated rings. The van der Waals surface area contributed by atoms with Crippen molar-refractivity contribution in [3.8, 4) is 11.5 Å². The van der Waals surface area contributed by atoms with Gasteiger partial charge in [0.05, 0.1) is 30.6 Å². The summed E-state index contributed by atoms with van der Waals surface area (Å²) < 4.78 is 65.1. The highest BCUT2D eigenvalue weighted by atomic mass is 19.1. The van der Waals surface area contributed by atoms with E-state index in [1.807, 2.05) is 27.7 Å². The van der Waals surface area contributed by atoms with Crippen molar-refractivity contribution in [2.24, 2.45) is 5.73 Å². The second kappa shape index (κ2) is 23.9. The molecule has 5 aromatic rings. The zero-order chi connectivity index (χ0) is 45.3. The van der Waals surface area contributed by atoms with Crippen molar-refractivity contribution in [3.05, 3.63) is 154 Å². The maximum atomic E-state index is 14.0. The van der Waals surface area contributed by atoms with Gasteiger partial charge in [-0.25, -0.2) is 17.6 Å². The average molecular weight is 862 g/mol. The number of pyridine rings is 2. The molecule has 0 bridgehead atoms. The summed E-state index contributed by atoms with van der Waals surface area (Å²) in [6.45, 7) is 11.6. The molecule has 0 aliphatic carbocycles. The number of amides is 2. The number of nitrogens with zero attached hydrogens (tertiary/aromatic N) is 3. The first-order valence-corrected chi connectivity index (χ1v) is 20.5. The van der Waals surface area contributed by atoms with Gasteiger partial charge in [-0.2, -0.15) is 0 Å². The number of aliphatic hydroxyl groups excluding tert-OH is 2. The topological polar surface area (TPSA) is 160 Å². The fourth-order valence-electron chi connectivity index (χ4n) is 6.78. The molecule has 0 radical (unpaired) electrons. The third-order valence-electron chi connectivity index (χ3n) is 9.47. The Balaban J connectivity index is 0.000000323. The van der Waals surface area contributed by atoms with Gasteiger partial charge in [0.25, 0.3) is 11.8 Å². The van der Waals surface area contributed by atoms with Crippen LogP contribution >= 0.6 is 0 Å². The number of halogens is 4. The van der Waals surface area contributed by atoms with Crippen LogP contribution in [0.5, 0.6) is 11.5 Å². The van der Waals surface area contributed by atoms with E-state index in [1.54, 1.807) is 48.2 Å². The lowest BCUT2D eigenvalue weighted by Crippen LogP contribution is -2.41. The molecule has 5 rings (SSSR count). The molecule has 332 valence electrons. The third-order valence-corrected chi connectivity index (χ3v) is 9.47. The highest BCUT2D eigenvalue weighted by Crippen LogP contribution is 2.25. The van der Waals surface area contributed by atoms with E-state index >= 15 is 0 Å². The monoisotopic (exact) mass is 861 g/mol. The number of nitrogens with two attached hydrogens (primary N) is 1. The van der Waals surface area contributed by atoms with Crippen LogP contribution in [0.3, 0.4) is 0 Å². The molecule has 0 spiro atoms. The summed E-state index contributed by atoms with van der Waals surface area (Å²) in [5.41, 5.74) is 8.48. The number of nitrogens with one attached hydrogen (secondary N) is 1. The van der Waals surface area contributed by atoms with Crippen molar-refractivity contribution in [2.75, 3.05) is 26.3 Å². The predicted molar refractivity (Wildman–Crippen MR) is 228 cm³/mol. The van der Waals surface area contributed by atoms with E-state index in [0.717, 1.165) is 42.7 Å². The van der Waals surface area contributed by atoms with Gasteiger partial charge in [0, 0.05) is 66.9 Å². The van der Waals surface area contributed by atoms with Crippen LogP contribution in [0, 0.1) is 30.2 Å². The number of ether oxygens (including phenoxy) is 2. The minimum atomic E-state index is -1.33. The number of hydrogen-bond acceptors (Lipinski definition) is 9. The molecule has 0 aliphatic rings. The highest BCUT2D eigenvalue weighted by molar-refractivity contribution is 6.00. The SMILES string of the molecule is CCCN(CCC)C(=O)c1cc(C)cc(C(=O)N[C@@H](Cc2cc(F)cc(F)c2)[C@H](O)c2cc(OCC)ccn2)c1.CCOc1ccnc([C@@H](O)[C@@H](N)Cc2cc(F)cc(F)c2)c1. The van der Waals surface area contributed by atoms with Crippen molar-refractivity contribution < 1.29 is 46.8 Å². The molecular formula is C47H55F4N5O6. The molecule has 5 N–H and O–H groups in total. The van der Waals surface area contributed by atoms with Gasteiger partial charge in [-0.05, 0) is 118 Å². The Morgan fingerprint density at radius 1 is 0.677 bits per heavy atom. The minimum absolute atomic E-state index is 0.0828. The number of carbonyl (C=O) groups is 2. The Bertz CT molecular complexity index is 2200. The number of benzene rings is 3. The van der Waals surface area contributed by atoms with Crippen molar-refractivity contribution in [3.63, 3.8) is 0 Å². The average Bonchev–Trinajstić information content (AvgIpc) is 3.22. The quantitative estimate of drug-likeness (QED) is 0.0609. The molecule has 0 unspecified atom stereocenters. The lowest BCUT2D eigenvalue weighted by atomic mass is 9.97. The van der Waals surface area contributed by atoms with Crippen molar-refractivity contribution in [1.29, 1.82) is 0 Å². The van der Waals surface area contributed by atoms with E-state index in [2.05, 4.69) is 15.3 Å². The molecule has 0 aliphatic heterocycles. The number of carbonyl (C=O) groups excluding carboxylic acids is 2. The van der Waals surface area contributed by atoms with E-state index < -0.39 is 53.5 Å². The second-order valence-electron chi connectivity index (χ2n) is 14.7. The van der Waals surface area contributed by atoms with E-state index in [4.69, 9.17) is 15.2 Å². The Morgan fingerprint density at radius 3 is 1.63 bits per heavy atom. The van der Waals surface area contributed by atoms with Gasteiger partial charge in [0.2, 0.25) is 0 Å². The Morgan fingerprint density at radius 2 is 1.15 bits per heavy atom. The zero-order valence-corrected chi connectivity index (χ0v) is 35.6. The molecule has 2 amide bonds. The maximum absolute atomic E-state index is 14.0. The molecule has 11 nitrogen and oxygen atoms in total. The van der Waals surface area contributed by atoms with Gasteiger partial charge < -0.3 is 35.6 Å². The van der Waals surface area contributed by atoms with Crippen molar-refractivity contribution in [1.82, 2.24) is 20.2 Å². The van der Waals surface area contributed by atoms with Crippen LogP contribution in [0.4, 0.5) is 17.6 Å². The van der Waals surface area contributed by atoms with Crippen LogP contribution in [-0.4, -0.2) is 75.3 Å². The minimum Gasteiger partial charge on any atom is -0.494 e. The van der Waals surface area contributed by atoms with Crippen molar-refractivity contribution in [2.45, 2.75) is 84.6 Å². The summed E-state index contributed by atoms with van der Waals surface area (Å²) >= 11 is 0. The van der Waals surface area contributed by atoms with E-state index in [-0.39, 0.29) is 35.6 Å². The smallest absolute Gasteiger partial charge is 0.253 e. The molecule has 2 heterocycles. The Labute approximate surface area is 359 Å². The van der Waals surface area contributed by atoms with Gasteiger partial charge >= 0.3 is 0 Å². The van der Waals surface area contributed by atoms with Crippen LogP contribution in [0.25, 0.3) is 0 Å². The van der Waals surface area contributed by atoms with Gasteiger partial charge in [-0.15, -0.1) is 0 Å². The second-order valence-corrected chi connectivity index (χ2v) is 14.7. The molecule has 4 atom stereocenters. The van der Waals surface area contributed by atoms with E-state index in [0.29, 0.717) is 54.6 Å². The molecule has 3 aromatic carbocycles. The molecule has 62 heavy (non-hydrogen) atoms. The van der Waals surface area contributed by atoms with Crippen molar-refractivity contribution >= 4 is 11.8 Å². The van der Waals surface area contributed by atoms with Gasteiger partial charge in [-0.1, -0.05) is 13.8 Å². The lowest BCUT2D eigenvalue weighted by molar-refractivity contribution is 0.0755. The fourth-order valence-corrected chi connectivity index (χ4v) is 6.78. The predicted octanol–water partition coefficient (Wildman–Crippen LogP) is 7.77. The first kappa shape index (κ1) is 48.8. The first-order chi connectivity index (χ1) is 29.6. The number of aliphatic hydroxyl groups is 2. The highest BCUT2D eigenvalue weighted by Gasteiger charge is 2.27. The summed E-state index contributed by atoms with van der Waals surface area (Å²) in [4.78, 5) is 36.8. The van der Waals surface area contributed by atoms with Gasteiger partial charge in [0.15, 0.2) is 0 Å². The lowest BCUT2D eigenvalue weighted by Gasteiger charge is -2.25. The summed E-state index contributed by atoms with van der Waals surface area (Å²) in [6.07, 6.45) is 2.25. The Kier molecular flexibility index (Phi) is 18.8. The molecular weight excluding hydrogens is 807 g/mol. The normalized spacial score (nSPS) is 12.9. The van der Waals surface area contributed by atoms with Crippen LogP contribution < -0.4 is 20.5 Å². The zero-order valence-electron chi connectivity index (χ0n) is 35.6. The summed E-state index contributed by atoms with van der Waals surface area (Å²) in [5, 5.41) is 24.3. The van der Waals surface area contributed by atoms with Gasteiger partial charge in [-0.3, -0.25) is 19.6 Å². The Hall–Kier alpha value is -5.90. The number of hydrogen-bond donors (Lipinski definition) is 4. The third kappa shape index (κ3) is 14.6. The number of aryl methyl sites for hydroxylation is 1. The summed E-state index contributed by atoms with van der Waals surface area (Å²) in [7, 11) is 0. The van der Waals surface area contributed by atoms with E-state index in [1.165, 1.54) is 30.6 Å². The molecule has 0 saturated carbocycles. The van der Waals surface area contributed by atoms with E-state index in [9.17, 15) is 37.4 Å². The van der Waals surface area contributed by atoms with Crippen LogP contribution in [-0.2, 0) is 12.8 Å². The summed E-state index contributed by atoms with van der Waals surface area (Å²) in [6, 6.07) is 15.9. The number of rotatable bonds is 19. The van der Waals surface area contributed by atoms with Crippen LogP contribution in [0.15, 0.2) is 91.3 Å². The van der Waals surface area contributed by atoms with Crippen LogP contribution in [0.1, 0.15) is 102 Å². The molecule has 0 saturated heterocycles. The first-order valence-electron chi connectivity index (χ1n) is 20.5. The van der Waals surface area contributed by atoms with Gasteiger partial charge in [0.1, 0.15) is 47.0 Å². The molecule has 15 heteroatoms. The molecule has 2 aromatic heterocycles. The fraction of sp³-hybridized carbons (Fsp3) is 0.362. The van der Waals surface area contributed by atoms with Crippen LogP contribution in [0.2, 0.25) is 0 Å². The summed E-state index contributed by atoms with van der Waals surface area (Å²) in [5.74, 6) is -2.52.